The Hall–Kier alpha value is -1.20. The zero-order valence-corrected chi connectivity index (χ0v) is 9.83. The topological polar surface area (TPSA) is 63.6 Å². The van der Waals surface area contributed by atoms with Crippen molar-refractivity contribution >= 4 is 16.8 Å². The van der Waals surface area contributed by atoms with Crippen molar-refractivity contribution in [3.05, 3.63) is 29.8 Å². The van der Waals surface area contributed by atoms with Gasteiger partial charge >= 0.3 is 5.97 Å². The van der Waals surface area contributed by atoms with Gasteiger partial charge in [0.2, 0.25) is 0 Å². The average molecular weight is 242 g/mol. The molecular formula is C11H14O4S. The van der Waals surface area contributed by atoms with Gasteiger partial charge in [0, 0.05) is 12.0 Å². The van der Waals surface area contributed by atoms with E-state index < -0.39 is 16.8 Å². The summed E-state index contributed by atoms with van der Waals surface area (Å²) in [6.45, 7) is 0.448. The lowest BCUT2D eigenvalue weighted by Crippen LogP contribution is -2.05. The second kappa shape index (κ2) is 6.40. The van der Waals surface area contributed by atoms with Crippen molar-refractivity contribution in [1.82, 2.24) is 0 Å². The molecule has 1 aromatic rings. The number of hydrogen-bond acceptors (Lipinski definition) is 3. The molecule has 1 atom stereocenters. The summed E-state index contributed by atoms with van der Waals surface area (Å²) in [6, 6.07) is 6.77. The van der Waals surface area contributed by atoms with Crippen LogP contribution in [0.25, 0.3) is 0 Å². The second-order valence-electron chi connectivity index (χ2n) is 3.26. The van der Waals surface area contributed by atoms with Crippen LogP contribution in [0.4, 0.5) is 0 Å². The van der Waals surface area contributed by atoms with Crippen LogP contribution >= 0.6 is 0 Å². The van der Waals surface area contributed by atoms with Crippen molar-refractivity contribution in [3.8, 4) is 0 Å². The van der Waals surface area contributed by atoms with E-state index in [2.05, 4.69) is 0 Å². The Kier molecular flexibility index (Phi) is 5.14. The lowest BCUT2D eigenvalue weighted by atomic mass is 10.2. The van der Waals surface area contributed by atoms with Gasteiger partial charge < -0.3 is 9.84 Å². The van der Waals surface area contributed by atoms with Gasteiger partial charge in [-0.2, -0.15) is 0 Å². The first-order valence-corrected chi connectivity index (χ1v) is 6.13. The fourth-order valence-corrected chi connectivity index (χ4v) is 2.20. The maximum atomic E-state index is 11.7. The molecule has 1 N–H and O–H groups in total. The van der Waals surface area contributed by atoms with E-state index in [0.29, 0.717) is 22.8 Å². The number of carboxylic acids is 1. The summed E-state index contributed by atoms with van der Waals surface area (Å²) in [5.41, 5.74) is 0.708. The molecule has 0 fully saturated rings. The predicted molar refractivity (Wildman–Crippen MR) is 60.9 cm³/mol. The highest BCUT2D eigenvalue weighted by Crippen LogP contribution is 2.09. The molecule has 0 amide bonds. The zero-order chi connectivity index (χ0) is 12.0. The van der Waals surface area contributed by atoms with Crippen LogP contribution in [0.2, 0.25) is 0 Å². The van der Waals surface area contributed by atoms with Crippen molar-refractivity contribution in [1.29, 1.82) is 0 Å². The average Bonchev–Trinajstić information content (AvgIpc) is 2.26. The van der Waals surface area contributed by atoms with Crippen LogP contribution in [0.3, 0.4) is 0 Å². The van der Waals surface area contributed by atoms with E-state index in [-0.39, 0.29) is 6.42 Å². The molecule has 0 aliphatic carbocycles. The number of rotatable bonds is 6. The molecule has 0 heterocycles. The number of ether oxygens (including phenoxy) is 1. The predicted octanol–water partition coefficient (Wildman–Crippen LogP) is 1.07. The van der Waals surface area contributed by atoms with Crippen molar-refractivity contribution in [3.63, 3.8) is 0 Å². The molecule has 1 aromatic carbocycles. The molecule has 88 valence electrons. The van der Waals surface area contributed by atoms with E-state index in [1.165, 1.54) is 0 Å². The number of hydrogen-bond donors (Lipinski definition) is 1. The Labute approximate surface area is 96.7 Å². The van der Waals surface area contributed by atoms with E-state index >= 15 is 0 Å². The minimum atomic E-state index is -1.08. The Bertz CT molecular complexity index is 372. The Morgan fingerprint density at radius 2 is 2.00 bits per heavy atom. The van der Waals surface area contributed by atoms with Crippen molar-refractivity contribution in [2.45, 2.75) is 11.3 Å². The Balaban J connectivity index is 2.63. The molecular weight excluding hydrogens is 228 g/mol. The minimum Gasteiger partial charge on any atom is -0.481 e. The number of benzene rings is 1. The molecule has 0 saturated heterocycles. The molecule has 16 heavy (non-hydrogen) atoms. The lowest BCUT2D eigenvalue weighted by molar-refractivity contribution is -0.136. The van der Waals surface area contributed by atoms with Gasteiger partial charge in [-0.25, -0.2) is 0 Å². The third-order valence-corrected chi connectivity index (χ3v) is 3.35. The SMILES string of the molecule is COCC[S@@](=O)c1ccc(CC(=O)O)cc1. The fourth-order valence-electron chi connectivity index (χ4n) is 1.21. The van der Waals surface area contributed by atoms with Gasteiger partial charge in [0.1, 0.15) is 0 Å². The molecule has 5 heteroatoms. The molecule has 0 aliphatic heterocycles. The zero-order valence-electron chi connectivity index (χ0n) is 9.01. The number of methoxy groups -OCH3 is 1. The quantitative estimate of drug-likeness (QED) is 0.810. The van der Waals surface area contributed by atoms with E-state index in [1.54, 1.807) is 31.4 Å². The monoisotopic (exact) mass is 242 g/mol. The minimum absolute atomic E-state index is 0.00894. The van der Waals surface area contributed by atoms with Crippen LogP contribution in [0.15, 0.2) is 29.2 Å². The van der Waals surface area contributed by atoms with Gasteiger partial charge in [-0.05, 0) is 17.7 Å². The molecule has 0 bridgehead atoms. The summed E-state index contributed by atoms with van der Waals surface area (Å²) in [4.78, 5) is 11.2. The number of aliphatic carboxylic acids is 1. The molecule has 0 saturated carbocycles. The summed E-state index contributed by atoms with van der Waals surface area (Å²) in [6.07, 6.45) is -0.00894. The van der Waals surface area contributed by atoms with Gasteiger partial charge in [-0.15, -0.1) is 0 Å². The first-order chi connectivity index (χ1) is 7.63. The lowest BCUT2D eigenvalue weighted by Gasteiger charge is -2.02. The first kappa shape index (κ1) is 12.9. The third kappa shape index (κ3) is 4.12. The molecule has 0 unspecified atom stereocenters. The van der Waals surface area contributed by atoms with Crippen molar-refractivity contribution in [2.75, 3.05) is 19.5 Å². The van der Waals surface area contributed by atoms with Gasteiger partial charge in [-0.1, -0.05) is 12.1 Å². The summed E-state index contributed by atoms with van der Waals surface area (Å²) < 4.78 is 16.5. The molecule has 0 radical (unpaired) electrons. The number of carboxylic acid groups (broad SMARTS) is 1. The summed E-state index contributed by atoms with van der Waals surface area (Å²) in [5, 5.41) is 8.59. The molecule has 0 aliphatic rings. The standard InChI is InChI=1S/C11H14O4S/c1-15-6-7-16(14)10-4-2-9(3-5-10)8-11(12)13/h2-5H,6-8H2,1H3,(H,12,13)/t16-/m1/s1. The molecule has 4 nitrogen and oxygen atoms in total. The smallest absolute Gasteiger partial charge is 0.307 e. The van der Waals surface area contributed by atoms with E-state index in [9.17, 15) is 9.00 Å². The highest BCUT2D eigenvalue weighted by Gasteiger charge is 2.04. The van der Waals surface area contributed by atoms with E-state index in [1.807, 2.05) is 0 Å². The summed E-state index contributed by atoms with van der Waals surface area (Å²) >= 11 is 0. The van der Waals surface area contributed by atoms with Crippen LogP contribution in [0, 0.1) is 0 Å². The number of carbonyl (C=O) groups is 1. The molecule has 1 rings (SSSR count). The third-order valence-electron chi connectivity index (χ3n) is 2.01. The normalized spacial score (nSPS) is 12.3. The van der Waals surface area contributed by atoms with Crippen molar-refractivity contribution in [2.24, 2.45) is 0 Å². The van der Waals surface area contributed by atoms with E-state index in [4.69, 9.17) is 9.84 Å². The summed E-state index contributed by atoms with van der Waals surface area (Å²) in [5.74, 6) is -0.414. The van der Waals surface area contributed by atoms with Crippen LogP contribution in [0.5, 0.6) is 0 Å². The van der Waals surface area contributed by atoms with Crippen molar-refractivity contribution < 1.29 is 18.8 Å². The van der Waals surface area contributed by atoms with Crippen LogP contribution in [-0.2, 0) is 26.8 Å². The van der Waals surface area contributed by atoms with E-state index in [0.717, 1.165) is 0 Å². The van der Waals surface area contributed by atoms with Gasteiger partial charge in [0.25, 0.3) is 0 Å². The van der Waals surface area contributed by atoms with Crippen LogP contribution in [-0.4, -0.2) is 34.8 Å². The Morgan fingerprint density at radius 1 is 1.38 bits per heavy atom. The van der Waals surface area contributed by atoms with Gasteiger partial charge in [-0.3, -0.25) is 9.00 Å². The molecule has 0 aromatic heterocycles. The highest BCUT2D eigenvalue weighted by atomic mass is 32.2. The Morgan fingerprint density at radius 3 is 2.50 bits per heavy atom. The van der Waals surface area contributed by atoms with Gasteiger partial charge in [0.05, 0.1) is 29.6 Å². The maximum Gasteiger partial charge on any atom is 0.307 e. The summed E-state index contributed by atoms with van der Waals surface area (Å²) in [7, 11) is 0.486. The largest absolute Gasteiger partial charge is 0.481 e. The van der Waals surface area contributed by atoms with Crippen LogP contribution in [0.1, 0.15) is 5.56 Å². The maximum absolute atomic E-state index is 11.7. The second-order valence-corrected chi connectivity index (χ2v) is 4.83. The van der Waals surface area contributed by atoms with Gasteiger partial charge in [0.15, 0.2) is 0 Å². The molecule has 0 spiro atoms. The van der Waals surface area contributed by atoms with Crippen LogP contribution < -0.4 is 0 Å². The first-order valence-electron chi connectivity index (χ1n) is 4.81. The highest BCUT2D eigenvalue weighted by molar-refractivity contribution is 7.85. The fraction of sp³-hybridized carbons (Fsp3) is 0.364.